The van der Waals surface area contributed by atoms with Gasteiger partial charge in [-0.1, -0.05) is 18.2 Å². The van der Waals surface area contributed by atoms with Gasteiger partial charge in [-0.2, -0.15) is 0 Å². The van der Waals surface area contributed by atoms with E-state index < -0.39 is 0 Å². The van der Waals surface area contributed by atoms with Crippen molar-refractivity contribution in [2.45, 2.75) is 26.7 Å². The molecule has 1 N–H and O–H groups in total. The number of hydrogen-bond donors (Lipinski definition) is 1. The van der Waals surface area contributed by atoms with Crippen molar-refractivity contribution in [3.63, 3.8) is 0 Å². The van der Waals surface area contributed by atoms with Gasteiger partial charge in [-0.3, -0.25) is 0 Å². The van der Waals surface area contributed by atoms with Crippen molar-refractivity contribution in [2.75, 3.05) is 6.61 Å². The Morgan fingerprint density at radius 2 is 1.85 bits per heavy atom. The Kier molecular flexibility index (Phi) is 4.39. The summed E-state index contributed by atoms with van der Waals surface area (Å²) in [6.45, 7) is 4.38. The van der Waals surface area contributed by atoms with Crippen LogP contribution in [0.25, 0.3) is 21.9 Å². The molecule has 4 aromatic rings. The maximum absolute atomic E-state index is 10.1. The van der Waals surface area contributed by atoms with Crippen LogP contribution >= 0.6 is 0 Å². The number of aromatic nitrogens is 4. The minimum absolute atomic E-state index is 0.113. The second-order valence-corrected chi connectivity index (χ2v) is 6.54. The second-order valence-electron chi connectivity index (χ2n) is 6.54. The van der Waals surface area contributed by atoms with Crippen LogP contribution in [-0.2, 0) is 19.9 Å². The van der Waals surface area contributed by atoms with Crippen LogP contribution in [0.5, 0.6) is 11.5 Å². The van der Waals surface area contributed by atoms with Gasteiger partial charge in [0.2, 0.25) is 0 Å². The first kappa shape index (κ1) is 17.3. The van der Waals surface area contributed by atoms with E-state index >= 15 is 0 Å². The number of benzene rings is 2. The van der Waals surface area contributed by atoms with E-state index in [1.807, 2.05) is 55.8 Å². The molecule has 0 unspecified atom stereocenters. The van der Waals surface area contributed by atoms with Gasteiger partial charge in [0.1, 0.15) is 17.2 Å². The molecule has 2 aromatic carbocycles. The minimum atomic E-state index is 0.113. The summed E-state index contributed by atoms with van der Waals surface area (Å²) in [4.78, 5) is 14.0. The zero-order chi connectivity index (χ0) is 19.0. The molecular formula is C21H22N4O2. The highest BCUT2D eigenvalue weighted by Gasteiger charge is 2.16. The monoisotopic (exact) mass is 362 g/mol. The molecule has 27 heavy (non-hydrogen) atoms. The maximum Gasteiger partial charge on any atom is 0.188 e. The van der Waals surface area contributed by atoms with Gasteiger partial charge in [-0.05, 0) is 32.0 Å². The number of para-hydroxylation sites is 1. The summed E-state index contributed by atoms with van der Waals surface area (Å²) >= 11 is 0. The molecule has 0 saturated carbocycles. The van der Waals surface area contributed by atoms with Gasteiger partial charge in [0, 0.05) is 31.0 Å². The number of aryl methyl sites for hydroxylation is 4. The molecule has 6 heteroatoms. The highest BCUT2D eigenvalue weighted by Crippen LogP contribution is 2.34. The number of fused-ring (bicyclic) bond motifs is 2. The fraction of sp³-hybridized carbons (Fsp3) is 0.286. The van der Waals surface area contributed by atoms with Crippen molar-refractivity contribution in [3.05, 3.63) is 53.7 Å². The van der Waals surface area contributed by atoms with E-state index in [2.05, 4.69) is 9.97 Å². The number of imidazole rings is 1. The van der Waals surface area contributed by atoms with E-state index in [4.69, 9.17) is 9.72 Å². The Labute approximate surface area is 157 Å². The summed E-state index contributed by atoms with van der Waals surface area (Å²) in [5.74, 6) is 2.27. The molecule has 0 aliphatic carbocycles. The Hall–Kier alpha value is -3.15. The SMILES string of the molecule is CCOc1c(O)ccc2c1nc(CCc1nc(C)c3ccccc3n1)n2C. The van der Waals surface area contributed by atoms with Crippen molar-refractivity contribution < 1.29 is 9.84 Å². The Morgan fingerprint density at radius 1 is 1.04 bits per heavy atom. The van der Waals surface area contributed by atoms with Crippen LogP contribution in [0.2, 0.25) is 0 Å². The van der Waals surface area contributed by atoms with Crippen LogP contribution in [-0.4, -0.2) is 31.2 Å². The van der Waals surface area contributed by atoms with E-state index in [0.717, 1.165) is 33.8 Å². The second kappa shape index (κ2) is 6.87. The Bertz CT molecular complexity index is 1130. The zero-order valence-corrected chi connectivity index (χ0v) is 15.7. The molecule has 0 radical (unpaired) electrons. The van der Waals surface area contributed by atoms with Gasteiger partial charge in [0.05, 0.1) is 17.6 Å². The van der Waals surface area contributed by atoms with E-state index in [9.17, 15) is 5.11 Å². The van der Waals surface area contributed by atoms with Crippen LogP contribution in [0.1, 0.15) is 24.3 Å². The Balaban J connectivity index is 1.66. The maximum atomic E-state index is 10.1. The summed E-state index contributed by atoms with van der Waals surface area (Å²) in [5.41, 5.74) is 3.57. The molecule has 0 spiro atoms. The lowest BCUT2D eigenvalue weighted by atomic mass is 10.2. The fourth-order valence-electron chi connectivity index (χ4n) is 3.41. The van der Waals surface area contributed by atoms with E-state index in [0.29, 0.717) is 30.7 Å². The summed E-state index contributed by atoms with van der Waals surface area (Å²) in [7, 11) is 1.98. The molecule has 0 amide bonds. The van der Waals surface area contributed by atoms with Crippen LogP contribution < -0.4 is 4.74 Å². The number of nitrogens with zero attached hydrogens (tertiary/aromatic N) is 4. The average Bonchev–Trinajstić information content (AvgIpc) is 2.98. The number of hydrogen-bond acceptors (Lipinski definition) is 5. The zero-order valence-electron chi connectivity index (χ0n) is 15.7. The highest BCUT2D eigenvalue weighted by molar-refractivity contribution is 5.85. The van der Waals surface area contributed by atoms with Crippen LogP contribution in [0.15, 0.2) is 36.4 Å². The number of ether oxygens (including phenoxy) is 1. The van der Waals surface area contributed by atoms with Crippen LogP contribution in [0.3, 0.4) is 0 Å². The lowest BCUT2D eigenvalue weighted by Gasteiger charge is -2.06. The third-order valence-electron chi connectivity index (χ3n) is 4.78. The summed E-state index contributed by atoms with van der Waals surface area (Å²) < 4.78 is 7.63. The molecule has 0 saturated heterocycles. The standard InChI is InChI=1S/C21H22N4O2/c1-4-27-21-17(26)10-9-16-20(21)24-19(25(16)3)12-11-18-22-13(2)14-7-5-6-8-15(14)23-18/h5-10,26H,4,11-12H2,1-3H3. The molecule has 0 bridgehead atoms. The molecule has 2 heterocycles. The number of rotatable bonds is 5. The molecule has 0 aliphatic rings. The average molecular weight is 362 g/mol. The first-order chi connectivity index (χ1) is 13.1. The van der Waals surface area contributed by atoms with Crippen LogP contribution in [0, 0.1) is 6.92 Å². The topological polar surface area (TPSA) is 73.1 Å². The summed E-state index contributed by atoms with van der Waals surface area (Å²) in [5, 5.41) is 11.2. The minimum Gasteiger partial charge on any atom is -0.504 e. The molecule has 6 nitrogen and oxygen atoms in total. The largest absolute Gasteiger partial charge is 0.504 e. The lowest BCUT2D eigenvalue weighted by molar-refractivity contribution is 0.321. The van der Waals surface area contributed by atoms with E-state index in [1.54, 1.807) is 6.07 Å². The van der Waals surface area contributed by atoms with E-state index in [1.165, 1.54) is 0 Å². The van der Waals surface area contributed by atoms with Gasteiger partial charge in [-0.15, -0.1) is 0 Å². The third kappa shape index (κ3) is 3.07. The molecule has 0 aliphatic heterocycles. The first-order valence-electron chi connectivity index (χ1n) is 9.10. The number of phenols is 1. The lowest BCUT2D eigenvalue weighted by Crippen LogP contribution is -2.04. The third-order valence-corrected chi connectivity index (χ3v) is 4.78. The number of aromatic hydroxyl groups is 1. The molecule has 138 valence electrons. The summed E-state index contributed by atoms with van der Waals surface area (Å²) in [6.07, 6.45) is 1.40. The summed E-state index contributed by atoms with van der Waals surface area (Å²) in [6, 6.07) is 11.6. The van der Waals surface area contributed by atoms with Gasteiger partial charge in [-0.25, -0.2) is 15.0 Å². The molecule has 2 aromatic heterocycles. The fourth-order valence-corrected chi connectivity index (χ4v) is 3.41. The predicted molar refractivity (Wildman–Crippen MR) is 105 cm³/mol. The normalized spacial score (nSPS) is 11.4. The highest BCUT2D eigenvalue weighted by atomic mass is 16.5. The van der Waals surface area contributed by atoms with Crippen molar-refractivity contribution in [1.29, 1.82) is 0 Å². The smallest absolute Gasteiger partial charge is 0.188 e. The molecule has 0 fully saturated rings. The van der Waals surface area contributed by atoms with Gasteiger partial charge < -0.3 is 14.4 Å². The molecule has 4 rings (SSSR count). The van der Waals surface area contributed by atoms with Gasteiger partial charge >= 0.3 is 0 Å². The predicted octanol–water partition coefficient (Wildman–Crippen LogP) is 3.71. The molecular weight excluding hydrogens is 340 g/mol. The number of phenolic OH excluding ortho intramolecular Hbond substituents is 1. The van der Waals surface area contributed by atoms with Crippen molar-refractivity contribution in [2.24, 2.45) is 7.05 Å². The van der Waals surface area contributed by atoms with Crippen molar-refractivity contribution in [3.8, 4) is 11.5 Å². The molecule has 0 atom stereocenters. The first-order valence-corrected chi connectivity index (χ1v) is 9.10. The quantitative estimate of drug-likeness (QED) is 0.586. The van der Waals surface area contributed by atoms with Crippen molar-refractivity contribution >= 4 is 21.9 Å². The van der Waals surface area contributed by atoms with E-state index in [-0.39, 0.29) is 5.75 Å². The van der Waals surface area contributed by atoms with Crippen molar-refractivity contribution in [1.82, 2.24) is 19.5 Å². The Morgan fingerprint density at radius 3 is 2.67 bits per heavy atom. The van der Waals surface area contributed by atoms with Crippen LogP contribution in [0.4, 0.5) is 0 Å². The van der Waals surface area contributed by atoms with Gasteiger partial charge in [0.25, 0.3) is 0 Å². The van der Waals surface area contributed by atoms with Gasteiger partial charge in [0.15, 0.2) is 11.5 Å².